The van der Waals surface area contributed by atoms with Gasteiger partial charge in [-0.05, 0) is 18.2 Å². The summed E-state index contributed by atoms with van der Waals surface area (Å²) < 4.78 is 10.8. The Morgan fingerprint density at radius 1 is 1.44 bits per heavy atom. The van der Waals surface area contributed by atoms with Gasteiger partial charge in [0.2, 0.25) is 0 Å². The van der Waals surface area contributed by atoms with Crippen molar-refractivity contribution in [3.05, 3.63) is 27.7 Å². The van der Waals surface area contributed by atoms with Gasteiger partial charge in [0.25, 0.3) is 5.91 Å². The van der Waals surface area contributed by atoms with E-state index in [1.54, 1.807) is 25.3 Å². The molecule has 18 heavy (non-hydrogen) atoms. The number of amides is 1. The van der Waals surface area contributed by atoms with Gasteiger partial charge in [0.05, 0.1) is 18.2 Å². The number of methoxy groups -OCH3 is 1. The van der Waals surface area contributed by atoms with Crippen LogP contribution in [0.1, 0.15) is 0 Å². The molecule has 1 aromatic carbocycles. The van der Waals surface area contributed by atoms with Crippen molar-refractivity contribution in [3.63, 3.8) is 0 Å². The van der Waals surface area contributed by atoms with Gasteiger partial charge in [-0.2, -0.15) is 0 Å². The zero-order valence-corrected chi connectivity index (χ0v) is 12.1. The molecule has 0 saturated carbocycles. The van der Waals surface area contributed by atoms with Crippen LogP contribution in [0, 0.1) is 0 Å². The second-order valence-electron chi connectivity index (χ2n) is 3.23. The molecule has 0 aliphatic rings. The van der Waals surface area contributed by atoms with Crippen molar-refractivity contribution >= 4 is 33.4 Å². The number of hydroxylamine groups is 1. The number of benzene rings is 1. The summed E-state index contributed by atoms with van der Waals surface area (Å²) in [6.07, 6.45) is 0. The van der Waals surface area contributed by atoms with E-state index in [2.05, 4.69) is 21.4 Å². The van der Waals surface area contributed by atoms with Crippen molar-refractivity contribution in [1.82, 2.24) is 5.48 Å². The van der Waals surface area contributed by atoms with Gasteiger partial charge in [0, 0.05) is 11.6 Å². The third-order valence-electron chi connectivity index (χ3n) is 1.83. The van der Waals surface area contributed by atoms with E-state index in [9.17, 15) is 4.79 Å². The van der Waals surface area contributed by atoms with Crippen LogP contribution in [-0.2, 0) is 14.4 Å². The Morgan fingerprint density at radius 3 is 2.89 bits per heavy atom. The Morgan fingerprint density at radius 2 is 2.22 bits per heavy atom. The lowest BCUT2D eigenvalue weighted by Crippen LogP contribution is -2.30. The maximum atomic E-state index is 11.3. The van der Waals surface area contributed by atoms with Crippen LogP contribution in [0.5, 0.6) is 5.75 Å². The molecule has 0 aromatic heterocycles. The molecule has 1 rings (SSSR count). The topological polar surface area (TPSA) is 56.8 Å². The minimum atomic E-state index is -0.398. The molecular weight excluding hydrogens is 325 g/mol. The van der Waals surface area contributed by atoms with Crippen molar-refractivity contribution in [2.75, 3.05) is 26.9 Å². The van der Waals surface area contributed by atoms with Gasteiger partial charge in [-0.25, -0.2) is 5.48 Å². The van der Waals surface area contributed by atoms with Crippen molar-refractivity contribution < 1.29 is 19.1 Å². The highest BCUT2D eigenvalue weighted by Crippen LogP contribution is 2.27. The number of hydrogen-bond donors (Lipinski definition) is 1. The van der Waals surface area contributed by atoms with E-state index in [-0.39, 0.29) is 13.2 Å². The van der Waals surface area contributed by atoms with Gasteiger partial charge in [-0.1, -0.05) is 27.5 Å². The Kier molecular flexibility index (Phi) is 7.04. The third kappa shape index (κ3) is 5.68. The zero-order valence-electron chi connectivity index (χ0n) is 9.74. The third-order valence-corrected chi connectivity index (χ3v) is 2.62. The first-order valence-corrected chi connectivity index (χ1v) is 6.28. The van der Waals surface area contributed by atoms with Crippen LogP contribution >= 0.6 is 27.5 Å². The number of hydrogen-bond acceptors (Lipinski definition) is 4. The van der Waals surface area contributed by atoms with E-state index >= 15 is 0 Å². The average molecular weight is 339 g/mol. The summed E-state index contributed by atoms with van der Waals surface area (Å²) in [5, 5.41) is 0.428. The van der Waals surface area contributed by atoms with Crippen LogP contribution in [0.25, 0.3) is 0 Å². The lowest BCUT2D eigenvalue weighted by atomic mass is 10.3. The molecule has 0 fully saturated rings. The van der Waals surface area contributed by atoms with E-state index in [0.29, 0.717) is 17.4 Å². The van der Waals surface area contributed by atoms with Gasteiger partial charge in [-0.15, -0.1) is 0 Å². The van der Waals surface area contributed by atoms with Crippen molar-refractivity contribution in [1.29, 1.82) is 0 Å². The van der Waals surface area contributed by atoms with Crippen LogP contribution in [-0.4, -0.2) is 32.8 Å². The summed E-state index contributed by atoms with van der Waals surface area (Å²) in [5.41, 5.74) is 2.22. The average Bonchev–Trinajstić information content (AvgIpc) is 2.33. The van der Waals surface area contributed by atoms with Gasteiger partial charge >= 0.3 is 0 Å². The standard InChI is InChI=1S/C11H13BrClNO4/c1-16-4-5-18-14-11(15)7-17-10-3-2-8(12)6-9(10)13/h2-3,6H,4-5,7H2,1H3,(H,14,15). The number of ether oxygens (including phenoxy) is 2. The number of carbonyl (C=O) groups is 1. The summed E-state index contributed by atoms with van der Waals surface area (Å²) >= 11 is 9.20. The Hall–Kier alpha value is -0.820. The Balaban J connectivity index is 2.29. The summed E-state index contributed by atoms with van der Waals surface area (Å²) in [5.74, 6) is 0.0389. The maximum Gasteiger partial charge on any atom is 0.281 e. The number of halogens is 2. The van der Waals surface area contributed by atoms with Gasteiger partial charge in [-0.3, -0.25) is 9.63 Å². The predicted octanol–water partition coefficient (Wildman–Crippen LogP) is 2.18. The van der Waals surface area contributed by atoms with Crippen molar-refractivity contribution in [2.24, 2.45) is 0 Å². The first kappa shape index (κ1) is 15.2. The molecule has 0 bridgehead atoms. The van der Waals surface area contributed by atoms with Gasteiger partial charge in [0.1, 0.15) is 5.75 Å². The molecule has 0 aliphatic carbocycles. The molecule has 1 amide bonds. The predicted molar refractivity (Wildman–Crippen MR) is 70.6 cm³/mol. The second kappa shape index (κ2) is 8.31. The van der Waals surface area contributed by atoms with Crippen molar-refractivity contribution in [2.45, 2.75) is 0 Å². The van der Waals surface area contributed by atoms with E-state index < -0.39 is 5.91 Å². The van der Waals surface area contributed by atoms with Gasteiger partial charge in [0.15, 0.2) is 6.61 Å². The van der Waals surface area contributed by atoms with Crippen molar-refractivity contribution in [3.8, 4) is 5.75 Å². The molecule has 0 saturated heterocycles. The quantitative estimate of drug-likeness (QED) is 0.611. The minimum absolute atomic E-state index is 0.172. The summed E-state index contributed by atoms with van der Waals surface area (Å²) in [4.78, 5) is 16.1. The first-order valence-electron chi connectivity index (χ1n) is 5.11. The number of carbonyl (C=O) groups excluding carboxylic acids is 1. The summed E-state index contributed by atoms with van der Waals surface area (Å²) in [6, 6.07) is 5.13. The molecule has 0 radical (unpaired) electrons. The Bertz CT molecular complexity index is 403. The molecule has 5 nitrogen and oxygen atoms in total. The highest BCUT2D eigenvalue weighted by molar-refractivity contribution is 9.10. The lowest BCUT2D eigenvalue weighted by Gasteiger charge is -2.08. The van der Waals surface area contributed by atoms with Crippen LogP contribution in [0.15, 0.2) is 22.7 Å². The smallest absolute Gasteiger partial charge is 0.281 e. The van der Waals surface area contributed by atoms with Crippen LogP contribution in [0.2, 0.25) is 5.02 Å². The highest BCUT2D eigenvalue weighted by atomic mass is 79.9. The van der Waals surface area contributed by atoms with E-state index in [1.165, 1.54) is 0 Å². The summed E-state index contributed by atoms with van der Waals surface area (Å²) in [6.45, 7) is 0.509. The van der Waals surface area contributed by atoms with Crippen LogP contribution < -0.4 is 10.2 Å². The number of nitrogens with one attached hydrogen (secondary N) is 1. The molecule has 0 heterocycles. The molecule has 1 aromatic rings. The molecule has 0 spiro atoms. The number of rotatable bonds is 7. The summed E-state index contributed by atoms with van der Waals surface area (Å²) in [7, 11) is 1.55. The van der Waals surface area contributed by atoms with E-state index in [1.807, 2.05) is 0 Å². The first-order chi connectivity index (χ1) is 8.63. The molecule has 100 valence electrons. The fourth-order valence-electron chi connectivity index (χ4n) is 1.02. The Labute approximate surface area is 118 Å². The fourth-order valence-corrected chi connectivity index (χ4v) is 1.75. The van der Waals surface area contributed by atoms with Crippen LogP contribution in [0.3, 0.4) is 0 Å². The largest absolute Gasteiger partial charge is 0.482 e. The van der Waals surface area contributed by atoms with Gasteiger partial charge < -0.3 is 9.47 Å². The second-order valence-corrected chi connectivity index (χ2v) is 4.55. The zero-order chi connectivity index (χ0) is 13.4. The van der Waals surface area contributed by atoms with E-state index in [4.69, 9.17) is 25.9 Å². The van der Waals surface area contributed by atoms with E-state index in [0.717, 1.165) is 4.47 Å². The SMILES string of the molecule is COCCONC(=O)COc1ccc(Br)cc1Cl. The maximum absolute atomic E-state index is 11.3. The molecule has 0 atom stereocenters. The highest BCUT2D eigenvalue weighted by Gasteiger charge is 2.06. The molecular formula is C11H13BrClNO4. The molecule has 1 N–H and O–H groups in total. The monoisotopic (exact) mass is 337 g/mol. The molecule has 0 aliphatic heterocycles. The minimum Gasteiger partial charge on any atom is -0.482 e. The molecule has 0 unspecified atom stereocenters. The van der Waals surface area contributed by atoms with Crippen LogP contribution in [0.4, 0.5) is 0 Å². The lowest BCUT2D eigenvalue weighted by molar-refractivity contribution is -0.136. The molecule has 7 heteroatoms. The fraction of sp³-hybridized carbons (Fsp3) is 0.364. The normalized spacial score (nSPS) is 10.2.